The Morgan fingerprint density at radius 3 is 2.52 bits per heavy atom. The average molecular weight is 292 g/mol. The number of hydrogen-bond donors (Lipinski definition) is 1. The number of likely N-dealkylation sites (N-methyl/N-ethyl adjacent to an activating group) is 1. The summed E-state index contributed by atoms with van der Waals surface area (Å²) in [4.78, 5) is 2.38. The van der Waals surface area contributed by atoms with Crippen LogP contribution in [-0.4, -0.2) is 40.4 Å². The predicted octanol–water partition coefficient (Wildman–Crippen LogP) is 2.36. The number of nitrogens with two attached hydrogens (primary N) is 1. The van der Waals surface area contributed by atoms with Crippen LogP contribution in [-0.2, 0) is 19.9 Å². The Morgan fingerprint density at radius 1 is 1.43 bits per heavy atom. The Balaban J connectivity index is 2.15. The minimum Gasteiger partial charge on any atom is -0.326 e. The van der Waals surface area contributed by atoms with Crippen LogP contribution in [0.25, 0.3) is 0 Å². The van der Waals surface area contributed by atoms with Gasteiger partial charge in [-0.05, 0) is 58.2 Å². The van der Waals surface area contributed by atoms with Gasteiger partial charge in [0.15, 0.2) is 0 Å². The Bertz CT molecular complexity index is 455. The number of rotatable bonds is 5. The van der Waals surface area contributed by atoms with Crippen molar-refractivity contribution in [3.8, 4) is 0 Å². The molecule has 1 aromatic rings. The van der Waals surface area contributed by atoms with Crippen LogP contribution in [0, 0.1) is 5.92 Å². The summed E-state index contributed by atoms with van der Waals surface area (Å²) in [6, 6.07) is 2.38. The summed E-state index contributed by atoms with van der Waals surface area (Å²) >= 11 is 0. The minimum absolute atomic E-state index is 0.142. The van der Waals surface area contributed by atoms with Gasteiger partial charge in [0.25, 0.3) is 0 Å². The molecule has 0 aliphatic heterocycles. The molecule has 1 atom stereocenters. The third kappa shape index (κ3) is 3.32. The maximum Gasteiger partial charge on any atom is 0.0624 e. The van der Waals surface area contributed by atoms with Gasteiger partial charge in [0.1, 0.15) is 0 Å². The zero-order valence-corrected chi connectivity index (χ0v) is 14.4. The molecule has 1 heterocycles. The monoisotopic (exact) mass is 292 g/mol. The zero-order valence-electron chi connectivity index (χ0n) is 14.4. The topological polar surface area (TPSA) is 47.1 Å². The van der Waals surface area contributed by atoms with Crippen molar-refractivity contribution < 1.29 is 0 Å². The number of aryl methyl sites for hydroxylation is 2. The van der Waals surface area contributed by atoms with E-state index >= 15 is 0 Å². The second-order valence-electron chi connectivity index (χ2n) is 7.10. The summed E-state index contributed by atoms with van der Waals surface area (Å²) in [5.74, 6) is 0.841. The molecule has 0 spiro atoms. The second-order valence-corrected chi connectivity index (χ2v) is 7.10. The Hall–Kier alpha value is -0.870. The van der Waals surface area contributed by atoms with Crippen LogP contribution in [0.4, 0.5) is 0 Å². The van der Waals surface area contributed by atoms with Gasteiger partial charge in [-0.25, -0.2) is 0 Å². The van der Waals surface area contributed by atoms with E-state index in [4.69, 9.17) is 5.73 Å². The second kappa shape index (κ2) is 6.49. The van der Waals surface area contributed by atoms with Crippen molar-refractivity contribution in [3.05, 3.63) is 17.5 Å². The first kappa shape index (κ1) is 16.5. The number of hydrogen-bond acceptors (Lipinski definition) is 3. The molecule has 1 saturated carbocycles. The maximum absolute atomic E-state index is 6.70. The largest absolute Gasteiger partial charge is 0.326 e. The summed E-state index contributed by atoms with van der Waals surface area (Å²) in [6.45, 7) is 4.51. The third-order valence-corrected chi connectivity index (χ3v) is 5.54. The molecule has 0 amide bonds. The molecule has 0 aromatic carbocycles. The van der Waals surface area contributed by atoms with Crippen molar-refractivity contribution in [1.29, 1.82) is 0 Å². The van der Waals surface area contributed by atoms with Gasteiger partial charge >= 0.3 is 0 Å². The van der Waals surface area contributed by atoms with Crippen molar-refractivity contribution in [2.75, 3.05) is 14.1 Å². The van der Waals surface area contributed by atoms with E-state index < -0.39 is 0 Å². The van der Waals surface area contributed by atoms with E-state index in [2.05, 4.69) is 44.0 Å². The standard InChI is InChI=1S/C17H32N4/c1-6-14-11-15(21(5)19-14)12-16(18)17(20(3)4)9-7-13(2)8-10-17/h11,13,16H,6-10,12,18H2,1-5H3. The molecule has 4 heteroatoms. The van der Waals surface area contributed by atoms with Gasteiger partial charge in [0.2, 0.25) is 0 Å². The summed E-state index contributed by atoms with van der Waals surface area (Å²) in [6.07, 6.45) is 6.89. The van der Waals surface area contributed by atoms with E-state index in [1.54, 1.807) is 0 Å². The lowest BCUT2D eigenvalue weighted by molar-refractivity contribution is 0.0563. The van der Waals surface area contributed by atoms with Gasteiger partial charge in [0.05, 0.1) is 5.69 Å². The first-order valence-corrected chi connectivity index (χ1v) is 8.34. The molecule has 21 heavy (non-hydrogen) atoms. The molecule has 2 rings (SSSR count). The summed E-state index contributed by atoms with van der Waals surface area (Å²) in [5.41, 5.74) is 9.27. The van der Waals surface area contributed by atoms with Crippen LogP contribution in [0.3, 0.4) is 0 Å². The molecule has 0 radical (unpaired) electrons. The Kier molecular flexibility index (Phi) is 5.10. The van der Waals surface area contributed by atoms with Gasteiger partial charge in [-0.3, -0.25) is 4.68 Å². The van der Waals surface area contributed by atoms with Gasteiger partial charge < -0.3 is 10.6 Å². The fourth-order valence-corrected chi connectivity index (χ4v) is 3.76. The number of nitrogens with zero attached hydrogens (tertiary/aromatic N) is 3. The van der Waals surface area contributed by atoms with Crippen molar-refractivity contribution in [1.82, 2.24) is 14.7 Å². The molecule has 2 N–H and O–H groups in total. The smallest absolute Gasteiger partial charge is 0.0624 e. The molecule has 1 aliphatic rings. The Morgan fingerprint density at radius 2 is 2.05 bits per heavy atom. The molecule has 1 fully saturated rings. The quantitative estimate of drug-likeness (QED) is 0.906. The SMILES string of the molecule is CCc1cc(CC(N)C2(N(C)C)CCC(C)CC2)n(C)n1. The molecule has 1 aromatic heterocycles. The van der Waals surface area contributed by atoms with E-state index in [0.29, 0.717) is 0 Å². The normalized spacial score (nSPS) is 28.0. The molecular formula is C17H32N4. The van der Waals surface area contributed by atoms with Crippen LogP contribution in [0.15, 0.2) is 6.07 Å². The van der Waals surface area contributed by atoms with Crippen LogP contribution in [0.1, 0.15) is 50.9 Å². The van der Waals surface area contributed by atoms with Crippen LogP contribution in [0.2, 0.25) is 0 Å². The highest BCUT2D eigenvalue weighted by molar-refractivity contribution is 5.14. The van der Waals surface area contributed by atoms with Crippen LogP contribution in [0.5, 0.6) is 0 Å². The average Bonchev–Trinajstić information content (AvgIpc) is 2.80. The zero-order chi connectivity index (χ0) is 15.6. The predicted molar refractivity (Wildman–Crippen MR) is 88.3 cm³/mol. The summed E-state index contributed by atoms with van der Waals surface area (Å²) < 4.78 is 2.01. The number of aromatic nitrogens is 2. The molecule has 120 valence electrons. The van der Waals surface area contributed by atoms with Crippen molar-refractivity contribution in [2.45, 2.75) is 64.0 Å². The van der Waals surface area contributed by atoms with Gasteiger partial charge in [0, 0.05) is 30.7 Å². The highest BCUT2D eigenvalue weighted by atomic mass is 15.3. The first-order chi connectivity index (χ1) is 9.89. The van der Waals surface area contributed by atoms with Crippen molar-refractivity contribution in [3.63, 3.8) is 0 Å². The van der Waals surface area contributed by atoms with Crippen LogP contribution >= 0.6 is 0 Å². The van der Waals surface area contributed by atoms with Gasteiger partial charge in [-0.15, -0.1) is 0 Å². The van der Waals surface area contributed by atoms with Crippen LogP contribution < -0.4 is 5.73 Å². The molecule has 1 unspecified atom stereocenters. The van der Waals surface area contributed by atoms with E-state index in [0.717, 1.165) is 24.5 Å². The summed E-state index contributed by atoms with van der Waals surface area (Å²) in [7, 11) is 6.42. The fourth-order valence-electron chi connectivity index (χ4n) is 3.76. The van der Waals surface area contributed by atoms with Gasteiger partial charge in [-0.2, -0.15) is 5.10 Å². The molecule has 0 saturated heterocycles. The molecular weight excluding hydrogens is 260 g/mol. The van der Waals surface area contributed by atoms with E-state index in [1.807, 2.05) is 11.7 Å². The molecule has 0 bridgehead atoms. The highest BCUT2D eigenvalue weighted by Crippen LogP contribution is 2.38. The lowest BCUT2D eigenvalue weighted by Crippen LogP contribution is -2.59. The maximum atomic E-state index is 6.70. The highest BCUT2D eigenvalue weighted by Gasteiger charge is 2.41. The van der Waals surface area contributed by atoms with E-state index in [1.165, 1.54) is 31.4 Å². The molecule has 4 nitrogen and oxygen atoms in total. The Labute approximate surface area is 129 Å². The molecule has 1 aliphatic carbocycles. The van der Waals surface area contributed by atoms with Crippen molar-refractivity contribution in [2.24, 2.45) is 18.7 Å². The summed E-state index contributed by atoms with van der Waals surface area (Å²) in [5, 5.41) is 4.55. The minimum atomic E-state index is 0.142. The lowest BCUT2D eigenvalue weighted by Gasteiger charge is -2.48. The fraction of sp³-hybridized carbons (Fsp3) is 0.824. The first-order valence-electron chi connectivity index (χ1n) is 8.34. The van der Waals surface area contributed by atoms with E-state index in [-0.39, 0.29) is 11.6 Å². The van der Waals surface area contributed by atoms with E-state index in [9.17, 15) is 0 Å². The third-order valence-electron chi connectivity index (χ3n) is 5.54. The van der Waals surface area contributed by atoms with Gasteiger partial charge in [-0.1, -0.05) is 13.8 Å². The lowest BCUT2D eigenvalue weighted by atomic mass is 9.71. The van der Waals surface area contributed by atoms with Crippen molar-refractivity contribution >= 4 is 0 Å².